The summed E-state index contributed by atoms with van der Waals surface area (Å²) in [7, 11) is 0. The van der Waals surface area contributed by atoms with Gasteiger partial charge in [0.1, 0.15) is 0 Å². The summed E-state index contributed by atoms with van der Waals surface area (Å²) < 4.78 is 0. The Balaban J connectivity index is 1.55. The summed E-state index contributed by atoms with van der Waals surface area (Å²) in [5.41, 5.74) is 2.63. The first kappa shape index (κ1) is 19.3. The van der Waals surface area contributed by atoms with Crippen LogP contribution in [0.4, 0.5) is 17.3 Å². The molecule has 0 saturated carbocycles. The van der Waals surface area contributed by atoms with Crippen molar-refractivity contribution in [3.8, 4) is 0 Å². The number of halogens is 1. The first-order valence-electron chi connectivity index (χ1n) is 8.49. The zero-order valence-electron chi connectivity index (χ0n) is 15.1. The molecule has 0 aliphatic rings. The molecule has 1 aromatic heterocycles. The topological polar surface area (TPSA) is 96.0 Å². The monoisotopic (exact) mass is 395 g/mol. The van der Waals surface area contributed by atoms with Crippen LogP contribution in [0, 0.1) is 0 Å². The maximum absolute atomic E-state index is 12.3. The molecule has 8 heteroatoms. The number of nitrogens with one attached hydrogen (secondary N) is 3. The number of benzene rings is 2. The van der Waals surface area contributed by atoms with Crippen LogP contribution >= 0.6 is 11.6 Å². The molecule has 0 saturated heterocycles. The summed E-state index contributed by atoms with van der Waals surface area (Å²) in [6, 6.07) is 14.3. The molecule has 142 valence electrons. The third-order valence-electron chi connectivity index (χ3n) is 3.74. The highest BCUT2D eigenvalue weighted by Gasteiger charge is 2.08. The lowest BCUT2D eigenvalue weighted by Gasteiger charge is -2.08. The lowest BCUT2D eigenvalue weighted by Crippen LogP contribution is -2.13. The Labute approximate surface area is 167 Å². The largest absolute Gasteiger partial charge is 0.350 e. The summed E-state index contributed by atoms with van der Waals surface area (Å²) in [6.45, 7) is 1.98. The van der Waals surface area contributed by atoms with Crippen molar-refractivity contribution in [3.63, 3.8) is 0 Å². The normalized spacial score (nSPS) is 10.2. The molecule has 0 bridgehead atoms. The maximum atomic E-state index is 12.3. The molecule has 2 aromatic carbocycles. The average molecular weight is 396 g/mol. The van der Waals surface area contributed by atoms with Gasteiger partial charge in [0.05, 0.1) is 5.56 Å². The highest BCUT2D eigenvalue weighted by molar-refractivity contribution is 6.30. The Bertz CT molecular complexity index is 957. The molecule has 3 aromatic rings. The van der Waals surface area contributed by atoms with E-state index in [9.17, 15) is 9.59 Å². The van der Waals surface area contributed by atoms with E-state index in [4.69, 9.17) is 11.6 Å². The van der Waals surface area contributed by atoms with Crippen molar-refractivity contribution in [2.24, 2.45) is 0 Å². The number of nitrogens with zero attached hydrogens (tertiary/aromatic N) is 2. The van der Waals surface area contributed by atoms with Crippen LogP contribution in [0.2, 0.25) is 5.02 Å². The predicted molar refractivity (Wildman–Crippen MR) is 110 cm³/mol. The molecule has 3 rings (SSSR count). The molecule has 2 amide bonds. The summed E-state index contributed by atoms with van der Waals surface area (Å²) >= 11 is 5.86. The van der Waals surface area contributed by atoms with Crippen molar-refractivity contribution in [2.75, 3.05) is 16.0 Å². The molecule has 0 radical (unpaired) electrons. The van der Waals surface area contributed by atoms with Crippen molar-refractivity contribution in [3.05, 3.63) is 77.1 Å². The van der Waals surface area contributed by atoms with Crippen LogP contribution in [0.25, 0.3) is 0 Å². The number of rotatable bonds is 6. The number of aromatic nitrogens is 2. The average Bonchev–Trinajstić information content (AvgIpc) is 2.69. The third-order valence-corrected chi connectivity index (χ3v) is 3.99. The van der Waals surface area contributed by atoms with Crippen LogP contribution < -0.4 is 16.0 Å². The third kappa shape index (κ3) is 5.52. The van der Waals surface area contributed by atoms with E-state index in [-0.39, 0.29) is 11.8 Å². The van der Waals surface area contributed by atoms with Gasteiger partial charge in [0.25, 0.3) is 5.91 Å². The van der Waals surface area contributed by atoms with Crippen LogP contribution in [-0.2, 0) is 11.3 Å². The lowest BCUT2D eigenvalue weighted by molar-refractivity contribution is -0.114. The van der Waals surface area contributed by atoms with Crippen LogP contribution in [-0.4, -0.2) is 21.8 Å². The summed E-state index contributed by atoms with van der Waals surface area (Å²) in [4.78, 5) is 31.7. The molecular formula is C20H18ClN5O2. The zero-order valence-corrected chi connectivity index (χ0v) is 15.8. The van der Waals surface area contributed by atoms with Gasteiger partial charge in [-0.3, -0.25) is 9.59 Å². The van der Waals surface area contributed by atoms with Crippen molar-refractivity contribution in [2.45, 2.75) is 13.5 Å². The van der Waals surface area contributed by atoms with Crippen molar-refractivity contribution >= 4 is 40.7 Å². The van der Waals surface area contributed by atoms with Gasteiger partial charge in [-0.1, -0.05) is 23.7 Å². The van der Waals surface area contributed by atoms with Gasteiger partial charge < -0.3 is 16.0 Å². The van der Waals surface area contributed by atoms with Gasteiger partial charge in [-0.05, 0) is 42.0 Å². The number of hydrogen-bond donors (Lipinski definition) is 3. The molecule has 0 aliphatic heterocycles. The van der Waals surface area contributed by atoms with E-state index in [1.54, 1.807) is 24.3 Å². The minimum absolute atomic E-state index is 0.154. The van der Waals surface area contributed by atoms with Crippen LogP contribution in [0.3, 0.4) is 0 Å². The molecule has 0 spiro atoms. The summed E-state index contributed by atoms with van der Waals surface area (Å²) in [5.74, 6) is -0.0543. The number of carbonyl (C=O) groups excluding carboxylic acids is 2. The molecule has 0 aliphatic carbocycles. The van der Waals surface area contributed by atoms with E-state index in [1.807, 2.05) is 24.3 Å². The Morgan fingerprint density at radius 3 is 2.04 bits per heavy atom. The van der Waals surface area contributed by atoms with Gasteiger partial charge >= 0.3 is 0 Å². The highest BCUT2D eigenvalue weighted by Crippen LogP contribution is 2.15. The Morgan fingerprint density at radius 2 is 1.46 bits per heavy atom. The smallest absolute Gasteiger partial charge is 0.258 e. The molecule has 3 N–H and O–H groups in total. The molecule has 0 fully saturated rings. The molecule has 0 unspecified atom stereocenters. The van der Waals surface area contributed by atoms with Gasteiger partial charge in [0, 0.05) is 42.3 Å². The standard InChI is InChI=1S/C20H18ClN5O2/c1-13(27)25-17-6-8-18(9-7-17)26-19(28)15-11-23-20(24-12-15)22-10-14-2-4-16(21)5-3-14/h2-9,11-12H,10H2,1H3,(H,25,27)(H,26,28)(H,22,23,24). The second kappa shape index (κ2) is 8.96. The first-order chi connectivity index (χ1) is 13.5. The van der Waals surface area contributed by atoms with Crippen LogP contribution in [0.1, 0.15) is 22.8 Å². The summed E-state index contributed by atoms with van der Waals surface area (Å²) in [6.07, 6.45) is 2.91. The van der Waals surface area contributed by atoms with Gasteiger partial charge in [-0.25, -0.2) is 9.97 Å². The maximum Gasteiger partial charge on any atom is 0.258 e. The van der Waals surface area contributed by atoms with Crippen LogP contribution in [0.5, 0.6) is 0 Å². The van der Waals surface area contributed by atoms with E-state index in [1.165, 1.54) is 19.3 Å². The van der Waals surface area contributed by atoms with Gasteiger partial charge in [0.2, 0.25) is 11.9 Å². The number of anilines is 3. The number of carbonyl (C=O) groups is 2. The minimum atomic E-state index is -0.323. The first-order valence-corrected chi connectivity index (χ1v) is 8.87. The Hall–Kier alpha value is -3.45. The van der Waals surface area contributed by atoms with E-state index >= 15 is 0 Å². The molecule has 1 heterocycles. The SMILES string of the molecule is CC(=O)Nc1ccc(NC(=O)c2cnc(NCc3ccc(Cl)cc3)nc2)cc1. The number of hydrogen-bond acceptors (Lipinski definition) is 5. The lowest BCUT2D eigenvalue weighted by atomic mass is 10.2. The van der Waals surface area contributed by atoms with Crippen LogP contribution in [0.15, 0.2) is 60.9 Å². The van der Waals surface area contributed by atoms with E-state index in [0.717, 1.165) is 5.56 Å². The van der Waals surface area contributed by atoms with Crippen molar-refractivity contribution < 1.29 is 9.59 Å². The Morgan fingerprint density at radius 1 is 0.893 bits per heavy atom. The van der Waals surface area contributed by atoms with Crippen molar-refractivity contribution in [1.82, 2.24) is 9.97 Å². The second-order valence-corrected chi connectivity index (χ2v) is 6.42. The molecule has 28 heavy (non-hydrogen) atoms. The minimum Gasteiger partial charge on any atom is -0.350 e. The van der Waals surface area contributed by atoms with Gasteiger partial charge in [-0.15, -0.1) is 0 Å². The fourth-order valence-corrected chi connectivity index (χ4v) is 2.49. The number of amides is 2. The molecule has 0 atom stereocenters. The quantitative estimate of drug-likeness (QED) is 0.587. The predicted octanol–water partition coefficient (Wildman–Crippen LogP) is 3.95. The zero-order chi connectivity index (χ0) is 19.9. The fraction of sp³-hybridized carbons (Fsp3) is 0.100. The van der Waals surface area contributed by atoms with E-state index in [2.05, 4.69) is 25.9 Å². The van der Waals surface area contributed by atoms with E-state index in [0.29, 0.717) is 34.5 Å². The molecular weight excluding hydrogens is 378 g/mol. The van der Waals surface area contributed by atoms with E-state index < -0.39 is 0 Å². The van der Waals surface area contributed by atoms with Gasteiger partial charge in [0.15, 0.2) is 0 Å². The highest BCUT2D eigenvalue weighted by atomic mass is 35.5. The Kier molecular flexibility index (Phi) is 6.18. The van der Waals surface area contributed by atoms with Crippen molar-refractivity contribution in [1.29, 1.82) is 0 Å². The molecule has 7 nitrogen and oxygen atoms in total. The second-order valence-electron chi connectivity index (χ2n) is 5.99. The summed E-state index contributed by atoms with van der Waals surface area (Å²) in [5, 5.41) is 9.19. The van der Waals surface area contributed by atoms with Gasteiger partial charge in [-0.2, -0.15) is 0 Å². The fourth-order valence-electron chi connectivity index (χ4n) is 2.36.